The Bertz CT molecular complexity index is 783. The van der Waals surface area contributed by atoms with Gasteiger partial charge in [-0.05, 0) is 35.9 Å². The normalized spacial score (nSPS) is 10.8. The zero-order chi connectivity index (χ0) is 14.8. The molecule has 0 amide bonds. The van der Waals surface area contributed by atoms with Gasteiger partial charge in [-0.2, -0.15) is 0 Å². The van der Waals surface area contributed by atoms with Crippen molar-refractivity contribution in [1.82, 2.24) is 4.98 Å². The lowest BCUT2D eigenvalue weighted by Crippen LogP contribution is -2.00. The van der Waals surface area contributed by atoms with Crippen LogP contribution >= 0.6 is 31.9 Å². The molecule has 1 heterocycles. The van der Waals surface area contributed by atoms with Gasteiger partial charge in [-0.3, -0.25) is 4.98 Å². The molecule has 2 N–H and O–H groups in total. The SMILES string of the molecule is Nc1cnc2ccc(Br)cc2c1OCc1ccc(Br)cc1. The van der Waals surface area contributed by atoms with Gasteiger partial charge in [0, 0.05) is 14.3 Å². The van der Waals surface area contributed by atoms with Crippen LogP contribution in [0.1, 0.15) is 5.56 Å². The number of nitrogens with two attached hydrogens (primary N) is 1. The van der Waals surface area contributed by atoms with E-state index in [1.165, 1.54) is 0 Å². The van der Waals surface area contributed by atoms with E-state index in [9.17, 15) is 0 Å². The molecule has 0 saturated heterocycles. The summed E-state index contributed by atoms with van der Waals surface area (Å²) in [7, 11) is 0. The molecule has 0 aliphatic rings. The van der Waals surface area contributed by atoms with Gasteiger partial charge < -0.3 is 10.5 Å². The van der Waals surface area contributed by atoms with E-state index in [1.807, 2.05) is 42.5 Å². The lowest BCUT2D eigenvalue weighted by atomic mass is 10.2. The number of anilines is 1. The van der Waals surface area contributed by atoms with E-state index >= 15 is 0 Å². The highest BCUT2D eigenvalue weighted by molar-refractivity contribution is 9.10. The maximum absolute atomic E-state index is 6.01. The highest BCUT2D eigenvalue weighted by Crippen LogP contribution is 2.32. The van der Waals surface area contributed by atoms with Gasteiger partial charge in [-0.15, -0.1) is 0 Å². The summed E-state index contributed by atoms with van der Waals surface area (Å²) in [4.78, 5) is 4.32. The Kier molecular flexibility index (Phi) is 4.12. The van der Waals surface area contributed by atoms with Crippen LogP contribution in [0.15, 0.2) is 57.6 Å². The molecule has 0 saturated carbocycles. The van der Waals surface area contributed by atoms with Gasteiger partial charge in [-0.1, -0.05) is 44.0 Å². The van der Waals surface area contributed by atoms with Gasteiger partial charge >= 0.3 is 0 Å². The summed E-state index contributed by atoms with van der Waals surface area (Å²) in [6.07, 6.45) is 1.63. The number of halogens is 2. The van der Waals surface area contributed by atoms with Crippen molar-refractivity contribution >= 4 is 48.5 Å². The smallest absolute Gasteiger partial charge is 0.153 e. The molecule has 0 bridgehead atoms. The van der Waals surface area contributed by atoms with E-state index in [1.54, 1.807) is 6.20 Å². The van der Waals surface area contributed by atoms with Crippen LogP contribution in [0.2, 0.25) is 0 Å². The summed E-state index contributed by atoms with van der Waals surface area (Å²) in [5, 5.41) is 0.904. The van der Waals surface area contributed by atoms with E-state index in [4.69, 9.17) is 10.5 Å². The lowest BCUT2D eigenvalue weighted by Gasteiger charge is -2.12. The molecular formula is C16H12Br2N2O. The van der Waals surface area contributed by atoms with Gasteiger partial charge in [0.25, 0.3) is 0 Å². The largest absolute Gasteiger partial charge is 0.486 e. The van der Waals surface area contributed by atoms with Crippen molar-refractivity contribution in [2.24, 2.45) is 0 Å². The van der Waals surface area contributed by atoms with Crippen molar-refractivity contribution in [3.63, 3.8) is 0 Å². The van der Waals surface area contributed by atoms with Crippen molar-refractivity contribution in [3.8, 4) is 5.75 Å². The van der Waals surface area contributed by atoms with Crippen molar-refractivity contribution in [2.75, 3.05) is 5.73 Å². The highest BCUT2D eigenvalue weighted by atomic mass is 79.9. The van der Waals surface area contributed by atoms with E-state index in [2.05, 4.69) is 36.8 Å². The Morgan fingerprint density at radius 1 is 1.00 bits per heavy atom. The van der Waals surface area contributed by atoms with Crippen LogP contribution in [-0.2, 0) is 6.61 Å². The molecule has 3 rings (SSSR count). The number of hydrogen-bond acceptors (Lipinski definition) is 3. The summed E-state index contributed by atoms with van der Waals surface area (Å²) in [6.45, 7) is 0.461. The third-order valence-electron chi connectivity index (χ3n) is 3.10. The maximum atomic E-state index is 6.01. The molecule has 0 unspecified atom stereocenters. The van der Waals surface area contributed by atoms with Crippen LogP contribution in [0.4, 0.5) is 5.69 Å². The van der Waals surface area contributed by atoms with Gasteiger partial charge in [0.1, 0.15) is 6.61 Å². The van der Waals surface area contributed by atoms with Crippen LogP contribution in [0.5, 0.6) is 5.75 Å². The number of nitrogen functional groups attached to an aromatic ring is 1. The van der Waals surface area contributed by atoms with E-state index in [-0.39, 0.29) is 0 Å². The Morgan fingerprint density at radius 2 is 1.71 bits per heavy atom. The summed E-state index contributed by atoms with van der Waals surface area (Å²) in [5.41, 5.74) is 8.49. The quantitative estimate of drug-likeness (QED) is 0.670. The first-order valence-electron chi connectivity index (χ1n) is 6.34. The first kappa shape index (κ1) is 14.4. The minimum atomic E-state index is 0.461. The summed E-state index contributed by atoms with van der Waals surface area (Å²) in [6, 6.07) is 13.9. The summed E-state index contributed by atoms with van der Waals surface area (Å²) in [5.74, 6) is 0.671. The predicted molar refractivity (Wildman–Crippen MR) is 92.3 cm³/mol. The fourth-order valence-electron chi connectivity index (χ4n) is 2.05. The number of rotatable bonds is 3. The van der Waals surface area contributed by atoms with Gasteiger partial charge in [0.15, 0.2) is 5.75 Å². The van der Waals surface area contributed by atoms with Crippen molar-refractivity contribution in [1.29, 1.82) is 0 Å². The van der Waals surface area contributed by atoms with E-state index in [0.29, 0.717) is 18.0 Å². The second-order valence-corrected chi connectivity index (χ2v) is 6.45. The summed E-state index contributed by atoms with van der Waals surface area (Å²) < 4.78 is 7.94. The molecule has 1 aromatic heterocycles. The fraction of sp³-hybridized carbons (Fsp3) is 0.0625. The number of nitrogens with zero attached hydrogens (tertiary/aromatic N) is 1. The molecule has 0 atom stereocenters. The Morgan fingerprint density at radius 3 is 2.48 bits per heavy atom. The maximum Gasteiger partial charge on any atom is 0.153 e. The first-order valence-corrected chi connectivity index (χ1v) is 7.93. The Balaban J connectivity index is 1.94. The average Bonchev–Trinajstić information content (AvgIpc) is 2.48. The first-order chi connectivity index (χ1) is 10.1. The second-order valence-electron chi connectivity index (χ2n) is 4.62. The number of aromatic nitrogens is 1. The molecule has 106 valence electrons. The molecule has 3 aromatic rings. The highest BCUT2D eigenvalue weighted by Gasteiger charge is 2.09. The minimum absolute atomic E-state index is 0.461. The van der Waals surface area contributed by atoms with Gasteiger partial charge in [0.2, 0.25) is 0 Å². The Labute approximate surface area is 139 Å². The molecule has 0 fully saturated rings. The third kappa shape index (κ3) is 3.19. The van der Waals surface area contributed by atoms with E-state index < -0.39 is 0 Å². The number of pyridine rings is 1. The second kappa shape index (κ2) is 6.03. The molecule has 3 nitrogen and oxygen atoms in total. The standard InChI is InChI=1S/C16H12Br2N2O/c17-11-3-1-10(2-4-11)9-21-16-13-7-12(18)5-6-15(13)20-8-14(16)19/h1-8H,9,19H2. The van der Waals surface area contributed by atoms with Crippen LogP contribution in [0.3, 0.4) is 0 Å². The molecular weight excluding hydrogens is 396 g/mol. The minimum Gasteiger partial charge on any atom is -0.486 e. The zero-order valence-electron chi connectivity index (χ0n) is 11.0. The summed E-state index contributed by atoms with van der Waals surface area (Å²) >= 11 is 6.89. The zero-order valence-corrected chi connectivity index (χ0v) is 14.2. The third-order valence-corrected chi connectivity index (χ3v) is 4.13. The molecule has 2 aromatic carbocycles. The number of ether oxygens (including phenoxy) is 1. The lowest BCUT2D eigenvalue weighted by molar-refractivity contribution is 0.311. The van der Waals surface area contributed by atoms with E-state index in [0.717, 1.165) is 25.4 Å². The molecule has 0 aliphatic carbocycles. The topological polar surface area (TPSA) is 48.1 Å². The van der Waals surface area contributed by atoms with Crippen molar-refractivity contribution in [3.05, 3.63) is 63.2 Å². The van der Waals surface area contributed by atoms with Crippen LogP contribution in [0.25, 0.3) is 10.9 Å². The molecule has 0 aliphatic heterocycles. The fourth-order valence-corrected chi connectivity index (χ4v) is 2.68. The predicted octanol–water partition coefficient (Wildman–Crippen LogP) is 4.92. The monoisotopic (exact) mass is 406 g/mol. The van der Waals surface area contributed by atoms with Crippen LogP contribution in [0, 0.1) is 0 Å². The Hall–Kier alpha value is -1.59. The molecule has 0 spiro atoms. The van der Waals surface area contributed by atoms with Crippen LogP contribution < -0.4 is 10.5 Å². The molecule has 0 radical (unpaired) electrons. The molecule has 5 heteroatoms. The van der Waals surface area contributed by atoms with Crippen LogP contribution in [-0.4, -0.2) is 4.98 Å². The van der Waals surface area contributed by atoms with Gasteiger partial charge in [-0.25, -0.2) is 0 Å². The van der Waals surface area contributed by atoms with Crippen molar-refractivity contribution < 1.29 is 4.74 Å². The number of fused-ring (bicyclic) bond motifs is 1. The number of benzene rings is 2. The van der Waals surface area contributed by atoms with Gasteiger partial charge in [0.05, 0.1) is 17.4 Å². The average molecular weight is 408 g/mol. The molecule has 21 heavy (non-hydrogen) atoms. The van der Waals surface area contributed by atoms with Crippen molar-refractivity contribution in [2.45, 2.75) is 6.61 Å². The number of hydrogen-bond donors (Lipinski definition) is 1.